The number of rotatable bonds is 5. The minimum atomic E-state index is -1.94. The normalized spacial score (nSPS) is 12.7. The second-order valence-electron chi connectivity index (χ2n) is 9.37. The van der Waals surface area contributed by atoms with Crippen LogP contribution in [-0.4, -0.2) is 27.3 Å². The van der Waals surface area contributed by atoms with Crippen molar-refractivity contribution in [1.29, 1.82) is 0 Å². The number of hydrogen-bond donors (Lipinski definition) is 2. The van der Waals surface area contributed by atoms with Crippen LogP contribution >= 0.6 is 0 Å². The van der Waals surface area contributed by atoms with Crippen LogP contribution in [0.3, 0.4) is 0 Å². The van der Waals surface area contributed by atoms with Crippen LogP contribution in [0, 0.1) is 10.1 Å². The first-order chi connectivity index (χ1) is 14.6. The molecule has 2 aromatic carbocycles. The third-order valence-corrected chi connectivity index (χ3v) is 4.76. The average molecular weight is 445 g/mol. The summed E-state index contributed by atoms with van der Waals surface area (Å²) in [5.41, 5.74) is -0.786. The first-order valence-electron chi connectivity index (χ1n) is 9.85. The number of carbonyl (C=O) groups is 2. The Bertz CT molecular complexity index is 1050. The van der Waals surface area contributed by atoms with Crippen LogP contribution in [0.1, 0.15) is 64.3 Å². The molecule has 0 spiro atoms. The van der Waals surface area contributed by atoms with Crippen LogP contribution in [0.2, 0.25) is 0 Å². The molecule has 0 saturated carbocycles. The summed E-state index contributed by atoms with van der Waals surface area (Å²) in [5.74, 6) is -1.46. The number of phenolic OH excluding ortho intramolecular Hbond substituents is 1. The molecule has 2 rings (SSSR count). The molecular weight excluding hydrogens is 418 g/mol. The Balaban J connectivity index is 2.45. The molecule has 0 bridgehead atoms. The molecule has 1 atom stereocenters. The van der Waals surface area contributed by atoms with E-state index in [1.807, 2.05) is 41.5 Å². The van der Waals surface area contributed by atoms with Gasteiger partial charge in [0.05, 0.1) is 10.5 Å². The van der Waals surface area contributed by atoms with Crippen molar-refractivity contribution in [2.24, 2.45) is 0 Å². The summed E-state index contributed by atoms with van der Waals surface area (Å²) in [6.45, 7) is 11.2. The molecule has 172 valence electrons. The van der Waals surface area contributed by atoms with Gasteiger partial charge in [0.2, 0.25) is 6.10 Å². The Morgan fingerprint density at radius 1 is 1.00 bits per heavy atom. The number of benzene rings is 2. The summed E-state index contributed by atoms with van der Waals surface area (Å²) in [5, 5.41) is 31.3. The summed E-state index contributed by atoms with van der Waals surface area (Å²) in [6, 6.07) is 8.10. The highest BCUT2D eigenvalue weighted by atomic mass is 16.7. The fourth-order valence-electron chi connectivity index (χ4n) is 3.17. The largest absolute Gasteiger partial charge is 0.515 e. The zero-order valence-corrected chi connectivity index (χ0v) is 18.8. The monoisotopic (exact) mass is 445 g/mol. The molecule has 0 aliphatic rings. The molecule has 0 fully saturated rings. The van der Waals surface area contributed by atoms with E-state index in [4.69, 9.17) is 9.47 Å². The van der Waals surface area contributed by atoms with Crippen LogP contribution in [0.25, 0.3) is 0 Å². The Labute approximate surface area is 185 Å². The van der Waals surface area contributed by atoms with E-state index in [1.165, 1.54) is 30.3 Å². The van der Waals surface area contributed by atoms with Crippen LogP contribution in [0.5, 0.6) is 11.5 Å². The van der Waals surface area contributed by atoms with Crippen molar-refractivity contribution in [2.45, 2.75) is 58.5 Å². The highest BCUT2D eigenvalue weighted by Crippen LogP contribution is 2.41. The maximum Gasteiger partial charge on any atom is 0.515 e. The summed E-state index contributed by atoms with van der Waals surface area (Å²) in [6.07, 6.45) is -3.28. The smallest absolute Gasteiger partial charge is 0.508 e. The predicted octanol–water partition coefficient (Wildman–Crippen LogP) is 5.24. The summed E-state index contributed by atoms with van der Waals surface area (Å²) >= 11 is 0. The number of para-hydroxylation sites is 1. The minimum Gasteiger partial charge on any atom is -0.508 e. The number of nitro groups is 1. The van der Waals surface area contributed by atoms with Gasteiger partial charge in [-0.2, -0.15) is 0 Å². The SMILES string of the molecule is CC(C)(C)c1cc(OC(=O)O[C@H](C(=O)O)c2ccccc2[N+](=O)[O-])c(C(C)(C)C)cc1O. The fourth-order valence-corrected chi connectivity index (χ4v) is 3.17. The number of phenols is 1. The van der Waals surface area contributed by atoms with Crippen molar-refractivity contribution in [2.75, 3.05) is 0 Å². The van der Waals surface area contributed by atoms with Crippen molar-refractivity contribution in [3.63, 3.8) is 0 Å². The number of carboxylic acids is 1. The van der Waals surface area contributed by atoms with Gasteiger partial charge >= 0.3 is 12.1 Å². The third kappa shape index (κ3) is 5.54. The standard InChI is InChI=1S/C23H27NO8/c1-22(2,3)14-12-18(15(11-17(14)25)23(4,5)6)31-21(28)32-19(20(26)27)13-9-7-8-10-16(13)24(29)30/h7-12,19,25H,1-6H3,(H,26,27)/t19-/m0/s1. The van der Waals surface area contributed by atoms with E-state index in [0.29, 0.717) is 11.1 Å². The number of hydrogen-bond acceptors (Lipinski definition) is 7. The maximum absolute atomic E-state index is 12.6. The molecule has 9 nitrogen and oxygen atoms in total. The van der Waals surface area contributed by atoms with Gasteiger partial charge < -0.3 is 19.7 Å². The Morgan fingerprint density at radius 2 is 1.56 bits per heavy atom. The molecule has 2 aromatic rings. The molecule has 0 aromatic heterocycles. The molecule has 0 unspecified atom stereocenters. The first kappa shape index (κ1) is 24.6. The van der Waals surface area contributed by atoms with E-state index >= 15 is 0 Å². The third-order valence-electron chi connectivity index (χ3n) is 4.76. The molecule has 9 heteroatoms. The number of carboxylic acid groups (broad SMARTS) is 1. The van der Waals surface area contributed by atoms with Gasteiger partial charge in [-0.1, -0.05) is 53.7 Å². The van der Waals surface area contributed by atoms with Gasteiger partial charge in [0.1, 0.15) is 11.5 Å². The quantitative estimate of drug-likeness (QED) is 0.276. The van der Waals surface area contributed by atoms with Crippen molar-refractivity contribution in [3.05, 3.63) is 63.2 Å². The summed E-state index contributed by atoms with van der Waals surface area (Å²) in [7, 11) is 0. The number of carbonyl (C=O) groups excluding carboxylic acids is 1. The summed E-state index contributed by atoms with van der Waals surface area (Å²) < 4.78 is 10.3. The Hall–Kier alpha value is -3.62. The second kappa shape index (κ2) is 8.86. The van der Waals surface area contributed by atoms with Crippen molar-refractivity contribution in [3.8, 4) is 11.5 Å². The number of nitro benzene ring substituents is 1. The second-order valence-corrected chi connectivity index (χ2v) is 9.37. The molecule has 0 saturated heterocycles. The topological polar surface area (TPSA) is 136 Å². The average Bonchev–Trinajstić information content (AvgIpc) is 2.65. The van der Waals surface area contributed by atoms with Gasteiger partial charge in [-0.15, -0.1) is 0 Å². The molecule has 0 heterocycles. The summed E-state index contributed by atoms with van der Waals surface area (Å²) in [4.78, 5) is 34.8. The van der Waals surface area contributed by atoms with Gasteiger partial charge in [0.15, 0.2) is 0 Å². The molecule has 32 heavy (non-hydrogen) atoms. The number of nitrogens with zero attached hydrogens (tertiary/aromatic N) is 1. The highest BCUT2D eigenvalue weighted by Gasteiger charge is 2.33. The predicted molar refractivity (Wildman–Crippen MR) is 116 cm³/mol. The lowest BCUT2D eigenvalue weighted by Crippen LogP contribution is -2.24. The van der Waals surface area contributed by atoms with Crippen LogP contribution < -0.4 is 4.74 Å². The zero-order chi connectivity index (χ0) is 24.4. The Morgan fingerprint density at radius 3 is 2.06 bits per heavy atom. The zero-order valence-electron chi connectivity index (χ0n) is 18.8. The van der Waals surface area contributed by atoms with E-state index in [9.17, 15) is 29.9 Å². The van der Waals surface area contributed by atoms with Gasteiger partial charge in [-0.05, 0) is 29.0 Å². The van der Waals surface area contributed by atoms with Gasteiger partial charge in [0, 0.05) is 17.2 Å². The van der Waals surface area contributed by atoms with Gasteiger partial charge in [0.25, 0.3) is 5.69 Å². The van der Waals surface area contributed by atoms with E-state index < -0.39 is 39.7 Å². The van der Waals surface area contributed by atoms with E-state index in [2.05, 4.69) is 0 Å². The van der Waals surface area contributed by atoms with Crippen LogP contribution in [0.4, 0.5) is 10.5 Å². The lowest BCUT2D eigenvalue weighted by molar-refractivity contribution is -0.386. The molecule has 0 radical (unpaired) electrons. The fraction of sp³-hybridized carbons (Fsp3) is 0.391. The van der Waals surface area contributed by atoms with E-state index in [0.717, 1.165) is 6.07 Å². The molecule has 0 aliphatic heterocycles. The molecule has 0 aliphatic carbocycles. The van der Waals surface area contributed by atoms with Crippen LogP contribution in [-0.2, 0) is 20.4 Å². The van der Waals surface area contributed by atoms with Crippen molar-refractivity contribution in [1.82, 2.24) is 0 Å². The highest BCUT2D eigenvalue weighted by molar-refractivity contribution is 5.79. The molecule has 0 amide bonds. The van der Waals surface area contributed by atoms with Crippen LogP contribution in [0.15, 0.2) is 36.4 Å². The number of aliphatic carboxylic acids is 1. The van der Waals surface area contributed by atoms with Gasteiger partial charge in [-0.3, -0.25) is 10.1 Å². The minimum absolute atomic E-state index is 0.0338. The maximum atomic E-state index is 12.6. The van der Waals surface area contributed by atoms with E-state index in [-0.39, 0.29) is 17.1 Å². The number of ether oxygens (including phenoxy) is 2. The molecular formula is C23H27NO8. The van der Waals surface area contributed by atoms with Crippen molar-refractivity contribution < 1.29 is 34.2 Å². The number of aromatic hydroxyl groups is 1. The van der Waals surface area contributed by atoms with E-state index in [1.54, 1.807) is 0 Å². The van der Waals surface area contributed by atoms with Crippen molar-refractivity contribution >= 4 is 17.8 Å². The Kier molecular flexibility index (Phi) is 6.82. The lowest BCUT2D eigenvalue weighted by atomic mass is 9.81. The van der Waals surface area contributed by atoms with Gasteiger partial charge in [-0.25, -0.2) is 9.59 Å². The first-order valence-corrected chi connectivity index (χ1v) is 9.85. The molecule has 2 N–H and O–H groups in total. The lowest BCUT2D eigenvalue weighted by Gasteiger charge is -2.27.